The van der Waals surface area contributed by atoms with E-state index in [-0.39, 0.29) is 0 Å². The van der Waals surface area contributed by atoms with Crippen LogP contribution in [0.3, 0.4) is 0 Å². The third kappa shape index (κ3) is 2.86. The van der Waals surface area contributed by atoms with E-state index in [4.69, 9.17) is 0 Å². The molecule has 2 nitrogen and oxygen atoms in total. The molecule has 0 unspecified atom stereocenters. The minimum absolute atomic E-state index is 0.947. The van der Waals surface area contributed by atoms with E-state index in [0.29, 0.717) is 0 Å². The van der Waals surface area contributed by atoms with E-state index in [1.54, 1.807) is 11.8 Å². The molecular weight excluding hydrogens is 228 g/mol. The van der Waals surface area contributed by atoms with Gasteiger partial charge < -0.3 is 0 Å². The molecule has 1 aromatic carbocycles. The van der Waals surface area contributed by atoms with E-state index < -0.39 is 0 Å². The molecule has 0 aliphatic carbocycles. The Balaban J connectivity index is 2.33. The zero-order chi connectivity index (χ0) is 12.3. The van der Waals surface area contributed by atoms with Gasteiger partial charge in [-0.1, -0.05) is 30.7 Å². The highest BCUT2D eigenvalue weighted by Gasteiger charge is 2.04. The number of nitrogens with zero attached hydrogens (tertiary/aromatic N) is 2. The summed E-state index contributed by atoms with van der Waals surface area (Å²) < 4.78 is 0. The predicted octanol–water partition coefficient (Wildman–Crippen LogP) is 3.87. The number of thioether (sulfide) groups is 1. The maximum absolute atomic E-state index is 4.29. The zero-order valence-electron chi connectivity index (χ0n) is 10.4. The van der Waals surface area contributed by atoms with Crippen LogP contribution in [0, 0.1) is 13.8 Å². The van der Waals surface area contributed by atoms with Crippen LogP contribution in [0.15, 0.2) is 35.4 Å². The van der Waals surface area contributed by atoms with Crippen molar-refractivity contribution in [2.24, 2.45) is 0 Å². The largest absolute Gasteiger partial charge is 0.149 e. The Hall–Kier alpha value is -1.35. The Morgan fingerprint density at radius 3 is 2.47 bits per heavy atom. The zero-order valence-corrected chi connectivity index (χ0v) is 11.2. The topological polar surface area (TPSA) is 25.8 Å². The second-order valence-electron chi connectivity index (χ2n) is 4.01. The van der Waals surface area contributed by atoms with Crippen LogP contribution >= 0.6 is 11.8 Å². The first-order valence-electron chi connectivity index (χ1n) is 5.75. The first-order valence-corrected chi connectivity index (χ1v) is 6.73. The molecule has 0 radical (unpaired) electrons. The fourth-order valence-electron chi connectivity index (χ4n) is 1.79. The molecule has 0 spiro atoms. The molecule has 88 valence electrons. The fourth-order valence-corrected chi connectivity index (χ4v) is 2.35. The summed E-state index contributed by atoms with van der Waals surface area (Å²) >= 11 is 1.71. The van der Waals surface area contributed by atoms with Gasteiger partial charge in [0.2, 0.25) is 0 Å². The summed E-state index contributed by atoms with van der Waals surface area (Å²) in [6, 6.07) is 10.5. The number of benzene rings is 1. The van der Waals surface area contributed by atoms with E-state index in [2.05, 4.69) is 49.2 Å². The van der Waals surface area contributed by atoms with E-state index in [1.807, 2.05) is 12.1 Å². The molecule has 0 fully saturated rings. The van der Waals surface area contributed by atoms with Crippen molar-refractivity contribution in [3.05, 3.63) is 41.5 Å². The molecule has 0 saturated heterocycles. The summed E-state index contributed by atoms with van der Waals surface area (Å²) in [6.45, 7) is 6.33. The summed E-state index contributed by atoms with van der Waals surface area (Å²) in [4.78, 5) is 0. The molecule has 3 heteroatoms. The van der Waals surface area contributed by atoms with Crippen molar-refractivity contribution in [3.8, 4) is 11.3 Å². The Morgan fingerprint density at radius 2 is 1.88 bits per heavy atom. The van der Waals surface area contributed by atoms with Crippen molar-refractivity contribution in [3.63, 3.8) is 0 Å². The Labute approximate surface area is 106 Å². The quantitative estimate of drug-likeness (QED) is 0.766. The first-order chi connectivity index (χ1) is 8.20. The average molecular weight is 244 g/mol. The molecule has 0 atom stereocenters. The Morgan fingerprint density at radius 1 is 1.06 bits per heavy atom. The molecule has 0 aliphatic heterocycles. The standard InChI is InChI=1S/C14H16N2S/c1-4-17-14-8-7-13(15-16-14)12-6-5-10(2)9-11(12)3/h5-9H,4H2,1-3H3. The lowest BCUT2D eigenvalue weighted by Gasteiger charge is -2.06. The monoisotopic (exact) mass is 244 g/mol. The third-order valence-corrected chi connectivity index (χ3v) is 3.39. The second-order valence-corrected chi connectivity index (χ2v) is 5.29. The summed E-state index contributed by atoms with van der Waals surface area (Å²) in [7, 11) is 0. The van der Waals surface area contributed by atoms with Gasteiger partial charge in [0.15, 0.2) is 0 Å². The van der Waals surface area contributed by atoms with Crippen molar-refractivity contribution >= 4 is 11.8 Å². The number of rotatable bonds is 3. The van der Waals surface area contributed by atoms with Crippen LogP contribution < -0.4 is 0 Å². The molecule has 1 aromatic heterocycles. The van der Waals surface area contributed by atoms with E-state index in [1.165, 1.54) is 11.1 Å². The van der Waals surface area contributed by atoms with E-state index >= 15 is 0 Å². The molecule has 0 bridgehead atoms. The van der Waals surface area contributed by atoms with Crippen molar-refractivity contribution in [2.75, 3.05) is 5.75 Å². The van der Waals surface area contributed by atoms with Gasteiger partial charge in [-0.2, -0.15) is 0 Å². The van der Waals surface area contributed by atoms with Crippen LogP contribution in [0.2, 0.25) is 0 Å². The lowest BCUT2D eigenvalue weighted by molar-refractivity contribution is 0.935. The Bertz CT molecular complexity index is 506. The molecule has 1 heterocycles. The summed E-state index contributed by atoms with van der Waals surface area (Å²) in [5, 5.41) is 9.50. The minimum atomic E-state index is 0.947. The highest BCUT2D eigenvalue weighted by Crippen LogP contribution is 2.23. The van der Waals surface area contributed by atoms with Crippen molar-refractivity contribution in [2.45, 2.75) is 25.8 Å². The molecule has 0 saturated carbocycles. The van der Waals surface area contributed by atoms with Crippen molar-refractivity contribution in [1.29, 1.82) is 0 Å². The molecule has 2 rings (SSSR count). The number of hydrogen-bond acceptors (Lipinski definition) is 3. The van der Waals surface area contributed by atoms with Gasteiger partial charge in [-0.15, -0.1) is 22.0 Å². The van der Waals surface area contributed by atoms with Crippen LogP contribution in [-0.4, -0.2) is 16.0 Å². The molecule has 0 aliphatic rings. The lowest BCUT2D eigenvalue weighted by atomic mass is 10.0. The van der Waals surface area contributed by atoms with Gasteiger partial charge in [0.05, 0.1) is 5.69 Å². The number of hydrogen-bond donors (Lipinski definition) is 0. The molecular formula is C14H16N2S. The number of aryl methyl sites for hydroxylation is 2. The number of aromatic nitrogens is 2. The molecule has 2 aromatic rings. The van der Waals surface area contributed by atoms with Gasteiger partial charge in [0.1, 0.15) is 5.03 Å². The summed E-state index contributed by atoms with van der Waals surface area (Å²) in [5.41, 5.74) is 4.63. The van der Waals surface area contributed by atoms with E-state index in [9.17, 15) is 0 Å². The van der Waals surface area contributed by atoms with Crippen LogP contribution in [-0.2, 0) is 0 Å². The normalized spacial score (nSPS) is 10.5. The molecule has 0 amide bonds. The maximum Gasteiger partial charge on any atom is 0.119 e. The SMILES string of the molecule is CCSc1ccc(-c2ccc(C)cc2C)nn1. The summed E-state index contributed by atoms with van der Waals surface area (Å²) in [6.07, 6.45) is 0. The molecule has 17 heavy (non-hydrogen) atoms. The Kier molecular flexibility index (Phi) is 3.79. The van der Waals surface area contributed by atoms with Gasteiger partial charge >= 0.3 is 0 Å². The average Bonchev–Trinajstić information content (AvgIpc) is 2.31. The van der Waals surface area contributed by atoms with Crippen LogP contribution in [0.1, 0.15) is 18.1 Å². The molecule has 0 N–H and O–H groups in total. The van der Waals surface area contributed by atoms with E-state index in [0.717, 1.165) is 22.0 Å². The second kappa shape index (κ2) is 5.32. The smallest absolute Gasteiger partial charge is 0.119 e. The highest BCUT2D eigenvalue weighted by molar-refractivity contribution is 7.99. The highest BCUT2D eigenvalue weighted by atomic mass is 32.2. The lowest BCUT2D eigenvalue weighted by Crippen LogP contribution is -1.92. The van der Waals surface area contributed by atoms with Crippen LogP contribution in [0.25, 0.3) is 11.3 Å². The van der Waals surface area contributed by atoms with Gasteiger partial charge in [0, 0.05) is 5.56 Å². The maximum atomic E-state index is 4.29. The van der Waals surface area contributed by atoms with Crippen LogP contribution in [0.4, 0.5) is 0 Å². The van der Waals surface area contributed by atoms with Gasteiger partial charge in [0.25, 0.3) is 0 Å². The summed E-state index contributed by atoms with van der Waals surface area (Å²) in [5.74, 6) is 1.03. The van der Waals surface area contributed by atoms with Gasteiger partial charge in [-0.05, 0) is 37.3 Å². The van der Waals surface area contributed by atoms with Gasteiger partial charge in [-0.3, -0.25) is 0 Å². The first kappa shape index (κ1) is 12.1. The van der Waals surface area contributed by atoms with Gasteiger partial charge in [-0.25, -0.2) is 0 Å². The minimum Gasteiger partial charge on any atom is -0.149 e. The van der Waals surface area contributed by atoms with Crippen molar-refractivity contribution < 1.29 is 0 Å². The van der Waals surface area contributed by atoms with Crippen LogP contribution in [0.5, 0.6) is 0 Å². The van der Waals surface area contributed by atoms with Crippen molar-refractivity contribution in [1.82, 2.24) is 10.2 Å². The third-order valence-electron chi connectivity index (χ3n) is 2.59. The predicted molar refractivity (Wildman–Crippen MR) is 73.3 cm³/mol. The fraction of sp³-hybridized carbons (Fsp3) is 0.286.